The quantitative estimate of drug-likeness (QED) is 0.361. The normalized spacial score (nSPS) is 14.2. The molecule has 0 heterocycles. The van der Waals surface area contributed by atoms with Crippen LogP contribution >= 0.6 is 0 Å². The molecule has 3 N–H and O–H groups in total. The third-order valence-corrected chi connectivity index (χ3v) is 2.76. The van der Waals surface area contributed by atoms with Crippen molar-refractivity contribution in [3.8, 4) is 0 Å². The lowest BCUT2D eigenvalue weighted by Gasteiger charge is -2.30. The van der Waals surface area contributed by atoms with Crippen LogP contribution in [0.25, 0.3) is 0 Å². The second-order valence-electron chi connectivity index (χ2n) is 4.41. The molecule has 0 aliphatic carbocycles. The van der Waals surface area contributed by atoms with E-state index in [1.165, 1.54) is 12.5 Å². The fraction of sp³-hybridized carbons (Fsp3) is 0.769. The molecule has 3 nitrogen and oxygen atoms in total. The number of nitrogens with two attached hydrogens (primary N) is 1. The lowest BCUT2D eigenvalue weighted by molar-refractivity contribution is -0.118. The highest BCUT2D eigenvalue weighted by atomic mass is 16.1. The SMILES string of the molecule is C=CC(=O)NC(N)(CCCC)CCCCC. The van der Waals surface area contributed by atoms with E-state index < -0.39 is 5.66 Å². The Morgan fingerprint density at radius 3 is 2.31 bits per heavy atom. The Labute approximate surface area is 99.5 Å². The minimum atomic E-state index is -0.545. The van der Waals surface area contributed by atoms with E-state index in [2.05, 4.69) is 25.7 Å². The number of carbonyl (C=O) groups excluding carboxylic acids is 1. The van der Waals surface area contributed by atoms with Gasteiger partial charge in [0, 0.05) is 0 Å². The molecule has 1 atom stereocenters. The van der Waals surface area contributed by atoms with Gasteiger partial charge in [-0.3, -0.25) is 4.79 Å². The van der Waals surface area contributed by atoms with E-state index in [1.807, 2.05) is 0 Å². The first-order chi connectivity index (χ1) is 7.58. The predicted molar refractivity (Wildman–Crippen MR) is 68.9 cm³/mol. The van der Waals surface area contributed by atoms with Gasteiger partial charge in [-0.05, 0) is 25.3 Å². The molecule has 0 aromatic carbocycles. The minimum absolute atomic E-state index is 0.171. The molecule has 0 saturated carbocycles. The fourth-order valence-electron chi connectivity index (χ4n) is 1.73. The molecule has 0 aliphatic rings. The summed E-state index contributed by atoms with van der Waals surface area (Å²) in [5.74, 6) is -0.171. The van der Waals surface area contributed by atoms with E-state index in [0.29, 0.717) is 0 Å². The van der Waals surface area contributed by atoms with Crippen LogP contribution in [0.15, 0.2) is 12.7 Å². The Kier molecular flexibility index (Phi) is 7.90. The molecule has 0 bridgehead atoms. The zero-order valence-corrected chi connectivity index (χ0v) is 10.7. The molecule has 0 fully saturated rings. The van der Waals surface area contributed by atoms with E-state index in [4.69, 9.17) is 5.73 Å². The van der Waals surface area contributed by atoms with Crippen molar-refractivity contribution in [2.75, 3.05) is 0 Å². The first-order valence-corrected chi connectivity index (χ1v) is 6.31. The van der Waals surface area contributed by atoms with Crippen LogP contribution in [0.2, 0.25) is 0 Å². The van der Waals surface area contributed by atoms with Gasteiger partial charge in [-0.15, -0.1) is 0 Å². The van der Waals surface area contributed by atoms with E-state index in [-0.39, 0.29) is 5.91 Å². The van der Waals surface area contributed by atoms with Crippen LogP contribution in [0.1, 0.15) is 58.8 Å². The number of nitrogens with one attached hydrogen (secondary N) is 1. The Morgan fingerprint density at radius 1 is 1.25 bits per heavy atom. The second kappa shape index (κ2) is 8.34. The number of rotatable bonds is 9. The van der Waals surface area contributed by atoms with E-state index in [9.17, 15) is 4.79 Å². The average molecular weight is 226 g/mol. The zero-order valence-electron chi connectivity index (χ0n) is 10.7. The summed E-state index contributed by atoms with van der Waals surface area (Å²) in [6, 6.07) is 0. The van der Waals surface area contributed by atoms with Crippen molar-refractivity contribution in [1.82, 2.24) is 5.32 Å². The lowest BCUT2D eigenvalue weighted by atomic mass is 9.96. The van der Waals surface area contributed by atoms with Crippen LogP contribution in [0, 0.1) is 0 Å². The summed E-state index contributed by atoms with van der Waals surface area (Å²) in [7, 11) is 0. The zero-order chi connectivity index (χ0) is 12.4. The van der Waals surface area contributed by atoms with Crippen LogP contribution in [0.3, 0.4) is 0 Å². The molecule has 94 valence electrons. The second-order valence-corrected chi connectivity index (χ2v) is 4.41. The van der Waals surface area contributed by atoms with Gasteiger partial charge in [0.1, 0.15) is 0 Å². The van der Waals surface area contributed by atoms with Gasteiger partial charge in [-0.2, -0.15) is 0 Å². The maximum atomic E-state index is 11.3. The summed E-state index contributed by atoms with van der Waals surface area (Å²) in [6.45, 7) is 7.74. The van der Waals surface area contributed by atoms with Crippen LogP contribution in [-0.2, 0) is 4.79 Å². The Bertz CT molecular complexity index is 216. The van der Waals surface area contributed by atoms with Crippen molar-refractivity contribution >= 4 is 5.91 Å². The number of hydrogen-bond acceptors (Lipinski definition) is 2. The molecular weight excluding hydrogens is 200 g/mol. The molecule has 3 heteroatoms. The van der Waals surface area contributed by atoms with Gasteiger partial charge >= 0.3 is 0 Å². The standard InChI is InChI=1S/C13H26N2O/c1-4-7-9-11-13(14,10-8-5-2)15-12(16)6-3/h6H,3-5,7-11,14H2,1-2H3,(H,15,16). The molecule has 0 rings (SSSR count). The van der Waals surface area contributed by atoms with Crippen molar-refractivity contribution in [3.05, 3.63) is 12.7 Å². The molecule has 1 amide bonds. The first-order valence-electron chi connectivity index (χ1n) is 6.31. The van der Waals surface area contributed by atoms with Crippen LogP contribution in [-0.4, -0.2) is 11.6 Å². The molecule has 0 aromatic heterocycles. The number of amides is 1. The first kappa shape index (κ1) is 15.2. The van der Waals surface area contributed by atoms with Gasteiger partial charge < -0.3 is 11.1 Å². The molecular formula is C13H26N2O. The van der Waals surface area contributed by atoms with Gasteiger partial charge in [0.05, 0.1) is 5.66 Å². The Balaban J connectivity index is 4.22. The molecule has 0 aliphatic heterocycles. The van der Waals surface area contributed by atoms with E-state index in [1.54, 1.807) is 0 Å². The molecule has 0 saturated heterocycles. The van der Waals surface area contributed by atoms with Crippen molar-refractivity contribution in [2.45, 2.75) is 64.5 Å². The summed E-state index contributed by atoms with van der Waals surface area (Å²) >= 11 is 0. The molecule has 1 unspecified atom stereocenters. The van der Waals surface area contributed by atoms with Gasteiger partial charge in [0.15, 0.2) is 0 Å². The molecule has 0 aromatic rings. The van der Waals surface area contributed by atoms with Crippen molar-refractivity contribution in [1.29, 1.82) is 0 Å². The number of carbonyl (C=O) groups is 1. The van der Waals surface area contributed by atoms with Crippen LogP contribution in [0.5, 0.6) is 0 Å². The summed E-state index contributed by atoms with van der Waals surface area (Å²) in [5, 5.41) is 2.86. The third-order valence-electron chi connectivity index (χ3n) is 2.76. The fourth-order valence-corrected chi connectivity index (χ4v) is 1.73. The topological polar surface area (TPSA) is 55.1 Å². The van der Waals surface area contributed by atoms with Crippen molar-refractivity contribution < 1.29 is 4.79 Å². The number of unbranched alkanes of at least 4 members (excludes halogenated alkanes) is 3. The van der Waals surface area contributed by atoms with Gasteiger partial charge in [0.25, 0.3) is 0 Å². The maximum absolute atomic E-state index is 11.3. The predicted octanol–water partition coefficient (Wildman–Crippen LogP) is 2.71. The largest absolute Gasteiger partial charge is 0.335 e. The highest BCUT2D eigenvalue weighted by molar-refractivity contribution is 5.87. The van der Waals surface area contributed by atoms with Gasteiger partial charge in [0.2, 0.25) is 5.91 Å². The average Bonchev–Trinajstić information content (AvgIpc) is 2.27. The highest BCUT2D eigenvalue weighted by Gasteiger charge is 2.24. The summed E-state index contributed by atoms with van der Waals surface area (Å²) < 4.78 is 0. The molecule has 16 heavy (non-hydrogen) atoms. The van der Waals surface area contributed by atoms with Crippen molar-refractivity contribution in [3.63, 3.8) is 0 Å². The Morgan fingerprint density at radius 2 is 1.81 bits per heavy atom. The van der Waals surface area contributed by atoms with Crippen LogP contribution in [0.4, 0.5) is 0 Å². The smallest absolute Gasteiger partial charge is 0.244 e. The Hall–Kier alpha value is -0.830. The monoisotopic (exact) mass is 226 g/mol. The van der Waals surface area contributed by atoms with Gasteiger partial charge in [-0.1, -0.05) is 46.1 Å². The molecule has 0 spiro atoms. The summed E-state index contributed by atoms with van der Waals surface area (Å²) in [4.78, 5) is 11.3. The van der Waals surface area contributed by atoms with Gasteiger partial charge in [-0.25, -0.2) is 0 Å². The summed E-state index contributed by atoms with van der Waals surface area (Å²) in [5.41, 5.74) is 5.68. The summed E-state index contributed by atoms with van der Waals surface area (Å²) in [6.07, 6.45) is 8.50. The third kappa shape index (κ3) is 6.62. The van der Waals surface area contributed by atoms with Crippen molar-refractivity contribution in [2.24, 2.45) is 5.73 Å². The van der Waals surface area contributed by atoms with E-state index in [0.717, 1.165) is 38.5 Å². The number of hydrogen-bond donors (Lipinski definition) is 2. The van der Waals surface area contributed by atoms with E-state index >= 15 is 0 Å². The maximum Gasteiger partial charge on any atom is 0.244 e. The lowest BCUT2D eigenvalue weighted by Crippen LogP contribution is -2.55. The highest BCUT2D eigenvalue weighted by Crippen LogP contribution is 2.16. The molecule has 0 radical (unpaired) electrons. The minimum Gasteiger partial charge on any atom is -0.335 e. The van der Waals surface area contributed by atoms with Crippen LogP contribution < -0.4 is 11.1 Å².